The molecule has 1 unspecified atom stereocenters. The summed E-state index contributed by atoms with van der Waals surface area (Å²) in [7, 11) is 0. The maximum atomic E-state index is 5.82. The summed E-state index contributed by atoms with van der Waals surface area (Å²) in [5, 5.41) is 0. The minimum Gasteiger partial charge on any atom is -0.498 e. The summed E-state index contributed by atoms with van der Waals surface area (Å²) in [6.07, 6.45) is 9.31. The van der Waals surface area contributed by atoms with Crippen LogP contribution in [0.3, 0.4) is 0 Å². The zero-order valence-corrected chi connectivity index (χ0v) is 10.9. The van der Waals surface area contributed by atoms with Crippen LogP contribution in [0.25, 0.3) is 0 Å². The molecule has 0 N–H and O–H groups in total. The van der Waals surface area contributed by atoms with E-state index >= 15 is 0 Å². The third-order valence-electron chi connectivity index (χ3n) is 3.74. The van der Waals surface area contributed by atoms with Gasteiger partial charge in [-0.25, -0.2) is 0 Å². The van der Waals surface area contributed by atoms with Crippen molar-refractivity contribution < 1.29 is 14.2 Å². The van der Waals surface area contributed by atoms with Crippen molar-refractivity contribution in [3.8, 4) is 0 Å². The largest absolute Gasteiger partial charge is 0.498 e. The van der Waals surface area contributed by atoms with Gasteiger partial charge in [-0.1, -0.05) is 13.3 Å². The van der Waals surface area contributed by atoms with Crippen molar-refractivity contribution in [2.75, 3.05) is 26.4 Å². The second kappa shape index (κ2) is 6.41. The maximum Gasteiger partial charge on any atom is 0.125 e. The van der Waals surface area contributed by atoms with Gasteiger partial charge in [0.15, 0.2) is 0 Å². The van der Waals surface area contributed by atoms with Gasteiger partial charge in [-0.3, -0.25) is 0 Å². The molecule has 2 aliphatic rings. The molecule has 0 aromatic rings. The topological polar surface area (TPSA) is 27.7 Å². The smallest absolute Gasteiger partial charge is 0.125 e. The van der Waals surface area contributed by atoms with Gasteiger partial charge < -0.3 is 14.2 Å². The van der Waals surface area contributed by atoms with Gasteiger partial charge in [0.2, 0.25) is 0 Å². The first-order valence-corrected chi connectivity index (χ1v) is 6.86. The molecule has 3 nitrogen and oxygen atoms in total. The zero-order valence-electron chi connectivity index (χ0n) is 10.9. The van der Waals surface area contributed by atoms with Gasteiger partial charge in [0.25, 0.3) is 0 Å². The van der Waals surface area contributed by atoms with Crippen LogP contribution in [0.4, 0.5) is 0 Å². The third-order valence-corrected chi connectivity index (χ3v) is 3.74. The van der Waals surface area contributed by atoms with Crippen molar-refractivity contribution in [2.24, 2.45) is 0 Å². The summed E-state index contributed by atoms with van der Waals surface area (Å²) in [4.78, 5) is 0. The Morgan fingerprint density at radius 1 is 1.24 bits per heavy atom. The lowest BCUT2D eigenvalue weighted by Crippen LogP contribution is -2.46. The number of rotatable bonds is 4. The van der Waals surface area contributed by atoms with E-state index in [2.05, 4.69) is 6.92 Å². The van der Waals surface area contributed by atoms with Crippen LogP contribution >= 0.6 is 0 Å². The predicted octanol–water partition coefficient (Wildman–Crippen LogP) is 3.05. The van der Waals surface area contributed by atoms with Crippen LogP contribution in [0, 0.1) is 0 Å². The molecule has 0 amide bonds. The summed E-state index contributed by atoms with van der Waals surface area (Å²) < 4.78 is 17.1. The second-order valence-electron chi connectivity index (χ2n) is 5.09. The van der Waals surface area contributed by atoms with Crippen molar-refractivity contribution in [3.05, 3.63) is 11.8 Å². The average molecular weight is 240 g/mol. The molecular formula is C14H24O3. The summed E-state index contributed by atoms with van der Waals surface area (Å²) in [6.45, 7) is 4.81. The van der Waals surface area contributed by atoms with E-state index in [1.54, 1.807) is 0 Å². The minimum absolute atomic E-state index is 0.218. The summed E-state index contributed by atoms with van der Waals surface area (Å²) >= 11 is 0. The first kappa shape index (κ1) is 12.9. The molecule has 1 aliphatic carbocycles. The van der Waals surface area contributed by atoms with Gasteiger partial charge in [-0.05, 0) is 37.7 Å². The summed E-state index contributed by atoms with van der Waals surface area (Å²) in [5.74, 6) is 0. The molecule has 0 aromatic carbocycles. The van der Waals surface area contributed by atoms with Crippen LogP contribution in [-0.4, -0.2) is 32.0 Å². The fraction of sp³-hybridized carbons (Fsp3) is 0.857. The summed E-state index contributed by atoms with van der Waals surface area (Å²) in [5.41, 5.74) is 1.24. The van der Waals surface area contributed by atoms with E-state index in [1.807, 2.05) is 6.26 Å². The lowest BCUT2D eigenvalue weighted by molar-refractivity contribution is -0.177. The number of ether oxygens (including phenoxy) is 3. The Morgan fingerprint density at radius 2 is 2.06 bits per heavy atom. The van der Waals surface area contributed by atoms with Gasteiger partial charge >= 0.3 is 0 Å². The Kier molecular flexibility index (Phi) is 4.86. The van der Waals surface area contributed by atoms with E-state index in [1.165, 1.54) is 37.7 Å². The van der Waals surface area contributed by atoms with Crippen LogP contribution < -0.4 is 0 Å². The normalized spacial score (nSPS) is 30.1. The predicted molar refractivity (Wildman–Crippen MR) is 66.9 cm³/mol. The molecule has 2 fully saturated rings. The highest BCUT2D eigenvalue weighted by Gasteiger charge is 2.33. The highest BCUT2D eigenvalue weighted by Crippen LogP contribution is 2.24. The minimum atomic E-state index is -0.218. The molecule has 17 heavy (non-hydrogen) atoms. The molecule has 0 radical (unpaired) electrons. The van der Waals surface area contributed by atoms with Crippen LogP contribution in [0.2, 0.25) is 0 Å². The molecule has 3 heteroatoms. The molecule has 1 heterocycles. The van der Waals surface area contributed by atoms with Gasteiger partial charge in [0.05, 0.1) is 26.1 Å². The lowest BCUT2D eigenvalue weighted by Gasteiger charge is -2.35. The summed E-state index contributed by atoms with van der Waals surface area (Å²) in [6, 6.07) is 0. The van der Waals surface area contributed by atoms with E-state index in [0.29, 0.717) is 26.4 Å². The SMILES string of the molecule is CCC1(COC=C2CCCCC2)COCCO1. The van der Waals surface area contributed by atoms with E-state index in [0.717, 1.165) is 6.42 Å². The number of hydrogen-bond acceptors (Lipinski definition) is 3. The number of hydrogen-bond donors (Lipinski definition) is 0. The zero-order chi connectivity index (χ0) is 12.0. The Hall–Kier alpha value is -0.540. The van der Waals surface area contributed by atoms with Gasteiger partial charge in [-0.2, -0.15) is 0 Å². The third kappa shape index (κ3) is 3.71. The van der Waals surface area contributed by atoms with Crippen LogP contribution in [0.1, 0.15) is 45.4 Å². The Morgan fingerprint density at radius 3 is 2.71 bits per heavy atom. The lowest BCUT2D eigenvalue weighted by atomic mass is 9.96. The Bertz CT molecular complexity index is 246. The highest BCUT2D eigenvalue weighted by molar-refractivity contribution is 5.00. The first-order valence-electron chi connectivity index (χ1n) is 6.86. The highest BCUT2D eigenvalue weighted by atomic mass is 16.6. The fourth-order valence-corrected chi connectivity index (χ4v) is 2.44. The van der Waals surface area contributed by atoms with E-state index < -0.39 is 0 Å². The van der Waals surface area contributed by atoms with E-state index in [-0.39, 0.29) is 5.60 Å². The fourth-order valence-electron chi connectivity index (χ4n) is 2.44. The first-order chi connectivity index (χ1) is 8.35. The van der Waals surface area contributed by atoms with Crippen LogP contribution in [0.5, 0.6) is 0 Å². The Labute approximate surface area is 104 Å². The molecule has 2 rings (SSSR count). The van der Waals surface area contributed by atoms with E-state index in [9.17, 15) is 0 Å². The van der Waals surface area contributed by atoms with Crippen molar-refractivity contribution >= 4 is 0 Å². The molecule has 1 atom stereocenters. The molecule has 0 spiro atoms. The monoisotopic (exact) mass is 240 g/mol. The standard InChI is InChI=1S/C14H24O3/c1-2-14(11-15-8-9-17-14)12-16-10-13-6-4-3-5-7-13/h10H,2-9,11-12H2,1H3. The van der Waals surface area contributed by atoms with Crippen molar-refractivity contribution in [1.82, 2.24) is 0 Å². The maximum absolute atomic E-state index is 5.82. The van der Waals surface area contributed by atoms with Crippen molar-refractivity contribution in [2.45, 2.75) is 51.0 Å². The average Bonchev–Trinajstić information content (AvgIpc) is 2.41. The Balaban J connectivity index is 1.78. The molecular weight excluding hydrogens is 216 g/mol. The van der Waals surface area contributed by atoms with Gasteiger partial charge in [0, 0.05) is 0 Å². The van der Waals surface area contributed by atoms with E-state index in [4.69, 9.17) is 14.2 Å². The molecule has 0 bridgehead atoms. The van der Waals surface area contributed by atoms with Crippen molar-refractivity contribution in [3.63, 3.8) is 0 Å². The van der Waals surface area contributed by atoms with Gasteiger partial charge in [0.1, 0.15) is 12.2 Å². The van der Waals surface area contributed by atoms with Crippen molar-refractivity contribution in [1.29, 1.82) is 0 Å². The molecule has 0 aromatic heterocycles. The van der Waals surface area contributed by atoms with Gasteiger partial charge in [-0.15, -0.1) is 0 Å². The second-order valence-corrected chi connectivity index (χ2v) is 5.09. The molecule has 1 saturated heterocycles. The quantitative estimate of drug-likeness (QED) is 0.707. The molecule has 98 valence electrons. The van der Waals surface area contributed by atoms with Crippen LogP contribution in [0.15, 0.2) is 11.8 Å². The number of allylic oxidation sites excluding steroid dienone is 1. The molecule has 1 saturated carbocycles. The molecule has 1 aliphatic heterocycles. The van der Waals surface area contributed by atoms with Crippen LogP contribution in [-0.2, 0) is 14.2 Å².